The fourth-order valence-corrected chi connectivity index (χ4v) is 2.13. The molecule has 22 heavy (non-hydrogen) atoms. The van der Waals surface area contributed by atoms with Crippen LogP contribution in [-0.4, -0.2) is 6.03 Å². The van der Waals surface area contributed by atoms with Crippen molar-refractivity contribution in [3.05, 3.63) is 59.7 Å². The number of amides is 2. The summed E-state index contributed by atoms with van der Waals surface area (Å²) in [4.78, 5) is 12.0. The number of carbonyl (C=O) groups excluding carboxylic acids is 1. The molecule has 2 N–H and O–H groups in total. The van der Waals surface area contributed by atoms with Crippen LogP contribution in [0, 0.1) is 11.6 Å². The minimum Gasteiger partial charge on any atom is -0.307 e. The van der Waals surface area contributed by atoms with Gasteiger partial charge in [-0.05, 0) is 29.2 Å². The molecule has 0 spiro atoms. The van der Waals surface area contributed by atoms with E-state index in [9.17, 15) is 13.6 Å². The van der Waals surface area contributed by atoms with Crippen molar-refractivity contribution < 1.29 is 13.6 Å². The van der Waals surface area contributed by atoms with Crippen LogP contribution in [0.15, 0.2) is 42.5 Å². The normalized spacial score (nSPS) is 11.1. The second kappa shape index (κ2) is 6.13. The van der Waals surface area contributed by atoms with E-state index in [1.54, 1.807) is 12.1 Å². The molecule has 0 saturated heterocycles. The van der Waals surface area contributed by atoms with E-state index in [2.05, 4.69) is 10.6 Å². The summed E-state index contributed by atoms with van der Waals surface area (Å²) in [6.45, 7) is 6.05. The van der Waals surface area contributed by atoms with E-state index in [0.29, 0.717) is 5.69 Å². The fraction of sp³-hybridized carbons (Fsp3) is 0.235. The van der Waals surface area contributed by atoms with Crippen LogP contribution in [0.4, 0.5) is 25.0 Å². The molecule has 0 aliphatic carbocycles. The molecule has 0 atom stereocenters. The summed E-state index contributed by atoms with van der Waals surface area (Å²) in [7, 11) is 0. The maximum absolute atomic E-state index is 13.5. The van der Waals surface area contributed by atoms with Crippen molar-refractivity contribution in [3.63, 3.8) is 0 Å². The Morgan fingerprint density at radius 2 is 1.50 bits per heavy atom. The molecule has 0 aliphatic heterocycles. The molecule has 2 rings (SSSR count). The highest BCUT2D eigenvalue weighted by Gasteiger charge is 2.19. The predicted molar refractivity (Wildman–Crippen MR) is 84.1 cm³/mol. The summed E-state index contributed by atoms with van der Waals surface area (Å²) < 4.78 is 27.1. The maximum Gasteiger partial charge on any atom is 0.323 e. The monoisotopic (exact) mass is 304 g/mol. The van der Waals surface area contributed by atoms with Gasteiger partial charge in [0.05, 0.1) is 0 Å². The maximum atomic E-state index is 13.5. The number of hydrogen-bond donors (Lipinski definition) is 2. The number of halogens is 2. The zero-order chi connectivity index (χ0) is 16.3. The standard InChI is InChI=1S/C17H18F2N2O/c1-17(2,3)11-7-4-5-10-14(11)20-16(22)21-15-12(18)8-6-9-13(15)19/h4-10H,1-3H3,(H2,20,21,22). The molecule has 0 bridgehead atoms. The van der Waals surface area contributed by atoms with Gasteiger partial charge in [-0.25, -0.2) is 13.6 Å². The van der Waals surface area contributed by atoms with E-state index in [1.807, 2.05) is 32.9 Å². The van der Waals surface area contributed by atoms with Gasteiger partial charge in [0.1, 0.15) is 17.3 Å². The molecular weight excluding hydrogens is 286 g/mol. The second-order valence-electron chi connectivity index (χ2n) is 5.97. The Labute approximate surface area is 128 Å². The van der Waals surface area contributed by atoms with Crippen molar-refractivity contribution in [1.82, 2.24) is 0 Å². The number of carbonyl (C=O) groups is 1. The molecule has 0 aromatic heterocycles. The van der Waals surface area contributed by atoms with Crippen LogP contribution in [0.3, 0.4) is 0 Å². The molecule has 2 aromatic rings. The van der Waals surface area contributed by atoms with E-state index in [4.69, 9.17) is 0 Å². The quantitative estimate of drug-likeness (QED) is 0.813. The fourth-order valence-electron chi connectivity index (χ4n) is 2.13. The Balaban J connectivity index is 2.20. The number of rotatable bonds is 2. The highest BCUT2D eigenvalue weighted by atomic mass is 19.1. The summed E-state index contributed by atoms with van der Waals surface area (Å²) in [6.07, 6.45) is 0. The van der Waals surface area contributed by atoms with E-state index in [0.717, 1.165) is 17.7 Å². The lowest BCUT2D eigenvalue weighted by atomic mass is 9.86. The SMILES string of the molecule is CC(C)(C)c1ccccc1NC(=O)Nc1c(F)cccc1F. The van der Waals surface area contributed by atoms with E-state index >= 15 is 0 Å². The Hall–Kier alpha value is -2.43. The smallest absolute Gasteiger partial charge is 0.307 e. The number of anilines is 2. The van der Waals surface area contributed by atoms with Crippen molar-refractivity contribution in [2.75, 3.05) is 10.6 Å². The van der Waals surface area contributed by atoms with Crippen molar-refractivity contribution in [1.29, 1.82) is 0 Å². The second-order valence-corrected chi connectivity index (χ2v) is 5.97. The molecule has 3 nitrogen and oxygen atoms in total. The van der Waals surface area contributed by atoms with Gasteiger partial charge in [-0.15, -0.1) is 0 Å². The molecule has 2 aromatic carbocycles. The third-order valence-corrected chi connectivity index (χ3v) is 3.18. The summed E-state index contributed by atoms with van der Waals surface area (Å²) >= 11 is 0. The highest BCUT2D eigenvalue weighted by molar-refractivity contribution is 6.00. The van der Waals surface area contributed by atoms with Gasteiger partial charge >= 0.3 is 6.03 Å². The first-order chi connectivity index (χ1) is 10.3. The Morgan fingerprint density at radius 3 is 2.09 bits per heavy atom. The van der Waals surface area contributed by atoms with Crippen molar-refractivity contribution in [2.24, 2.45) is 0 Å². The number of benzene rings is 2. The Kier molecular flexibility index (Phi) is 4.45. The van der Waals surface area contributed by atoms with Crippen LogP contribution in [-0.2, 0) is 5.41 Å². The Morgan fingerprint density at radius 1 is 0.909 bits per heavy atom. The summed E-state index contributed by atoms with van der Waals surface area (Å²) in [5.41, 5.74) is 0.893. The van der Waals surface area contributed by atoms with Gasteiger partial charge in [-0.1, -0.05) is 45.0 Å². The lowest BCUT2D eigenvalue weighted by molar-refractivity contribution is 0.262. The number of hydrogen-bond acceptors (Lipinski definition) is 1. The molecule has 116 valence electrons. The zero-order valence-electron chi connectivity index (χ0n) is 12.7. The molecule has 0 aliphatic rings. The van der Waals surface area contributed by atoms with Crippen LogP contribution < -0.4 is 10.6 Å². The first-order valence-electron chi connectivity index (χ1n) is 6.90. The molecule has 0 fully saturated rings. The van der Waals surface area contributed by atoms with Crippen LogP contribution in [0.25, 0.3) is 0 Å². The van der Waals surface area contributed by atoms with Gasteiger partial charge in [0, 0.05) is 5.69 Å². The summed E-state index contributed by atoms with van der Waals surface area (Å²) in [6, 6.07) is 10.0. The first kappa shape index (κ1) is 15.9. The summed E-state index contributed by atoms with van der Waals surface area (Å²) in [5.74, 6) is -1.64. The van der Waals surface area contributed by atoms with Gasteiger partial charge in [0.2, 0.25) is 0 Å². The van der Waals surface area contributed by atoms with Crippen molar-refractivity contribution in [2.45, 2.75) is 26.2 Å². The van der Waals surface area contributed by atoms with Crippen LogP contribution in [0.2, 0.25) is 0 Å². The summed E-state index contributed by atoms with van der Waals surface area (Å²) in [5, 5.41) is 4.84. The van der Waals surface area contributed by atoms with E-state index in [-0.39, 0.29) is 5.41 Å². The van der Waals surface area contributed by atoms with Gasteiger partial charge in [0.15, 0.2) is 0 Å². The Bertz CT molecular complexity index is 673. The number of nitrogens with one attached hydrogen (secondary N) is 2. The molecule has 5 heteroatoms. The minimum absolute atomic E-state index is 0.173. The van der Waals surface area contributed by atoms with Crippen LogP contribution in [0.1, 0.15) is 26.3 Å². The van der Waals surface area contributed by atoms with E-state index in [1.165, 1.54) is 6.07 Å². The number of urea groups is 1. The number of para-hydroxylation sites is 2. The first-order valence-corrected chi connectivity index (χ1v) is 6.90. The molecule has 0 saturated carbocycles. The van der Waals surface area contributed by atoms with Gasteiger partial charge in [-0.2, -0.15) is 0 Å². The topological polar surface area (TPSA) is 41.1 Å². The zero-order valence-corrected chi connectivity index (χ0v) is 12.7. The van der Waals surface area contributed by atoms with Gasteiger partial charge in [-0.3, -0.25) is 0 Å². The third kappa shape index (κ3) is 3.61. The molecule has 0 unspecified atom stereocenters. The predicted octanol–water partition coefficient (Wildman–Crippen LogP) is 4.91. The lowest BCUT2D eigenvalue weighted by Crippen LogP contribution is -2.23. The lowest BCUT2D eigenvalue weighted by Gasteiger charge is -2.23. The van der Waals surface area contributed by atoms with Crippen molar-refractivity contribution in [3.8, 4) is 0 Å². The van der Waals surface area contributed by atoms with Crippen LogP contribution in [0.5, 0.6) is 0 Å². The average molecular weight is 304 g/mol. The van der Waals surface area contributed by atoms with E-state index < -0.39 is 23.4 Å². The van der Waals surface area contributed by atoms with Gasteiger partial charge < -0.3 is 10.6 Å². The largest absolute Gasteiger partial charge is 0.323 e. The van der Waals surface area contributed by atoms with Crippen LogP contribution >= 0.6 is 0 Å². The minimum atomic E-state index is -0.820. The van der Waals surface area contributed by atoms with Crippen molar-refractivity contribution >= 4 is 17.4 Å². The average Bonchev–Trinajstić information content (AvgIpc) is 2.42. The molecular formula is C17H18F2N2O. The van der Waals surface area contributed by atoms with Gasteiger partial charge in [0.25, 0.3) is 0 Å². The molecule has 0 radical (unpaired) electrons. The molecule has 0 heterocycles. The highest BCUT2D eigenvalue weighted by Crippen LogP contribution is 2.29. The molecule has 2 amide bonds. The third-order valence-electron chi connectivity index (χ3n) is 3.18.